The monoisotopic (exact) mass is 154 g/mol. The van der Waals surface area contributed by atoms with Crippen LogP contribution in [0.3, 0.4) is 0 Å². The molecule has 1 rings (SSSR count). The second-order valence-electron chi connectivity index (χ2n) is 1.83. The summed E-state index contributed by atoms with van der Waals surface area (Å²) in [6.45, 7) is 3.91. The van der Waals surface area contributed by atoms with Gasteiger partial charge < -0.3 is 9.05 Å². The standard InChI is InChI=1S/C4H8ClO2P/c1-3-4(2)7-8(5)6-3/h3-4H,1-2H3/t3-,4+,8?. The second-order valence-corrected chi connectivity index (χ2v) is 3.51. The highest BCUT2D eigenvalue weighted by Crippen LogP contribution is 2.52. The Morgan fingerprint density at radius 1 is 1.25 bits per heavy atom. The van der Waals surface area contributed by atoms with Crippen LogP contribution in [0.5, 0.6) is 0 Å². The molecule has 1 saturated heterocycles. The van der Waals surface area contributed by atoms with Crippen molar-refractivity contribution in [2.45, 2.75) is 26.1 Å². The lowest BCUT2D eigenvalue weighted by atomic mass is 10.3. The summed E-state index contributed by atoms with van der Waals surface area (Å²) in [5.74, 6) is 0. The van der Waals surface area contributed by atoms with Gasteiger partial charge in [0.25, 0.3) is 7.73 Å². The van der Waals surface area contributed by atoms with Gasteiger partial charge >= 0.3 is 0 Å². The molecule has 3 atom stereocenters. The van der Waals surface area contributed by atoms with E-state index in [9.17, 15) is 0 Å². The summed E-state index contributed by atoms with van der Waals surface area (Å²) in [5.41, 5.74) is 0. The predicted molar refractivity (Wildman–Crippen MR) is 33.9 cm³/mol. The smallest absolute Gasteiger partial charge is 0.277 e. The van der Waals surface area contributed by atoms with Crippen LogP contribution in [-0.4, -0.2) is 12.2 Å². The lowest BCUT2D eigenvalue weighted by Crippen LogP contribution is -2.13. The minimum Gasteiger partial charge on any atom is -0.316 e. The van der Waals surface area contributed by atoms with Gasteiger partial charge in [-0.2, -0.15) is 0 Å². The molecule has 0 spiro atoms. The maximum absolute atomic E-state index is 5.52. The Balaban J connectivity index is 2.39. The minimum atomic E-state index is -1.07. The van der Waals surface area contributed by atoms with Gasteiger partial charge in [-0.1, -0.05) is 0 Å². The van der Waals surface area contributed by atoms with E-state index in [1.807, 2.05) is 13.8 Å². The molecule has 48 valence electrons. The van der Waals surface area contributed by atoms with Gasteiger partial charge in [0, 0.05) is 0 Å². The molecule has 0 aromatic rings. The van der Waals surface area contributed by atoms with Crippen LogP contribution in [0.25, 0.3) is 0 Å². The fourth-order valence-corrected chi connectivity index (χ4v) is 2.13. The van der Waals surface area contributed by atoms with E-state index in [1.165, 1.54) is 0 Å². The van der Waals surface area contributed by atoms with Gasteiger partial charge in [0.15, 0.2) is 0 Å². The summed E-state index contributed by atoms with van der Waals surface area (Å²) >= 11 is 5.52. The van der Waals surface area contributed by atoms with Crippen molar-refractivity contribution in [2.75, 3.05) is 0 Å². The molecule has 0 N–H and O–H groups in total. The molecule has 1 aliphatic rings. The fourth-order valence-electron chi connectivity index (χ4n) is 0.458. The zero-order chi connectivity index (χ0) is 6.15. The average Bonchev–Trinajstić information content (AvgIpc) is 1.85. The molecule has 1 heterocycles. The molecule has 1 aliphatic heterocycles. The summed E-state index contributed by atoms with van der Waals surface area (Å²) < 4.78 is 10.2. The average molecular weight is 155 g/mol. The van der Waals surface area contributed by atoms with Crippen molar-refractivity contribution in [1.82, 2.24) is 0 Å². The largest absolute Gasteiger partial charge is 0.316 e. The lowest BCUT2D eigenvalue weighted by molar-refractivity contribution is 0.187. The first-order valence-corrected chi connectivity index (χ1v) is 4.58. The van der Waals surface area contributed by atoms with Crippen LogP contribution in [0.4, 0.5) is 0 Å². The van der Waals surface area contributed by atoms with Gasteiger partial charge in [-0.3, -0.25) is 0 Å². The van der Waals surface area contributed by atoms with Crippen molar-refractivity contribution in [1.29, 1.82) is 0 Å². The second kappa shape index (κ2) is 2.49. The van der Waals surface area contributed by atoms with Gasteiger partial charge in [-0.15, -0.1) is 0 Å². The molecule has 0 aromatic carbocycles. The number of hydrogen-bond acceptors (Lipinski definition) is 2. The third-order valence-corrected chi connectivity index (χ3v) is 2.63. The molecule has 2 nitrogen and oxygen atoms in total. The molecule has 1 unspecified atom stereocenters. The van der Waals surface area contributed by atoms with Crippen molar-refractivity contribution in [3.8, 4) is 0 Å². The molecule has 0 aliphatic carbocycles. The number of rotatable bonds is 0. The highest BCUT2D eigenvalue weighted by Gasteiger charge is 2.28. The Bertz CT molecular complexity index is 80.1. The highest BCUT2D eigenvalue weighted by atomic mass is 35.7. The summed E-state index contributed by atoms with van der Waals surface area (Å²) in [6, 6.07) is 0. The quantitative estimate of drug-likeness (QED) is 0.499. The Hall–Kier alpha value is 0.640. The van der Waals surface area contributed by atoms with Crippen molar-refractivity contribution in [3.05, 3.63) is 0 Å². The molecule has 8 heavy (non-hydrogen) atoms. The van der Waals surface area contributed by atoms with Crippen molar-refractivity contribution in [3.63, 3.8) is 0 Å². The lowest BCUT2D eigenvalue weighted by Gasteiger charge is -2.01. The maximum Gasteiger partial charge on any atom is 0.277 e. The summed E-state index contributed by atoms with van der Waals surface area (Å²) in [7, 11) is -1.07. The van der Waals surface area contributed by atoms with Crippen molar-refractivity contribution in [2.24, 2.45) is 0 Å². The van der Waals surface area contributed by atoms with E-state index in [0.717, 1.165) is 0 Å². The van der Waals surface area contributed by atoms with Crippen LogP contribution < -0.4 is 0 Å². The van der Waals surface area contributed by atoms with E-state index in [2.05, 4.69) is 0 Å². The fraction of sp³-hybridized carbons (Fsp3) is 1.00. The number of halogens is 1. The van der Waals surface area contributed by atoms with Crippen LogP contribution >= 0.6 is 19.0 Å². The third kappa shape index (κ3) is 1.32. The molecule has 1 fully saturated rings. The van der Waals surface area contributed by atoms with Crippen molar-refractivity contribution >= 4 is 19.0 Å². The van der Waals surface area contributed by atoms with E-state index in [0.29, 0.717) is 0 Å². The van der Waals surface area contributed by atoms with Crippen LogP contribution in [0.15, 0.2) is 0 Å². The summed E-state index contributed by atoms with van der Waals surface area (Å²) in [6.07, 6.45) is 0.331. The molecular weight excluding hydrogens is 146 g/mol. The van der Waals surface area contributed by atoms with E-state index in [-0.39, 0.29) is 12.2 Å². The Morgan fingerprint density at radius 3 is 1.75 bits per heavy atom. The van der Waals surface area contributed by atoms with Gasteiger partial charge in [-0.05, 0) is 25.1 Å². The van der Waals surface area contributed by atoms with Crippen LogP contribution in [0.2, 0.25) is 0 Å². The zero-order valence-corrected chi connectivity index (χ0v) is 6.45. The molecule has 0 aromatic heterocycles. The SMILES string of the molecule is C[C@@H]1OP(Cl)O[C@@H]1C. The van der Waals surface area contributed by atoms with Gasteiger partial charge in [0.2, 0.25) is 0 Å². The van der Waals surface area contributed by atoms with Gasteiger partial charge in [-0.25, -0.2) is 0 Å². The Morgan fingerprint density at radius 2 is 1.62 bits per heavy atom. The molecule has 0 amide bonds. The highest BCUT2D eigenvalue weighted by molar-refractivity contribution is 7.76. The molecule has 4 heteroatoms. The van der Waals surface area contributed by atoms with Crippen LogP contribution in [0, 0.1) is 0 Å². The Kier molecular flexibility index (Phi) is 2.10. The molecule has 0 bridgehead atoms. The van der Waals surface area contributed by atoms with E-state index >= 15 is 0 Å². The van der Waals surface area contributed by atoms with Gasteiger partial charge in [0.05, 0.1) is 12.2 Å². The van der Waals surface area contributed by atoms with E-state index in [1.54, 1.807) is 0 Å². The topological polar surface area (TPSA) is 18.5 Å². The molecular formula is C4H8ClO2P. The third-order valence-electron chi connectivity index (χ3n) is 1.16. The first-order valence-electron chi connectivity index (χ1n) is 2.49. The van der Waals surface area contributed by atoms with Crippen LogP contribution in [0.1, 0.15) is 13.8 Å². The van der Waals surface area contributed by atoms with E-state index in [4.69, 9.17) is 20.3 Å². The normalized spacial score (nSPS) is 47.6. The Labute approximate surface area is 54.8 Å². The van der Waals surface area contributed by atoms with E-state index < -0.39 is 7.73 Å². The van der Waals surface area contributed by atoms with Crippen molar-refractivity contribution < 1.29 is 9.05 Å². The maximum atomic E-state index is 5.52. The minimum absolute atomic E-state index is 0.165. The summed E-state index contributed by atoms with van der Waals surface area (Å²) in [5, 5.41) is 0. The molecule has 0 radical (unpaired) electrons. The first kappa shape index (κ1) is 6.76. The zero-order valence-electron chi connectivity index (χ0n) is 4.80. The van der Waals surface area contributed by atoms with Gasteiger partial charge in [0.1, 0.15) is 0 Å². The predicted octanol–water partition coefficient (Wildman–Crippen LogP) is 2.28. The van der Waals surface area contributed by atoms with Crippen LogP contribution in [-0.2, 0) is 9.05 Å². The first-order chi connectivity index (χ1) is 3.70. The summed E-state index contributed by atoms with van der Waals surface area (Å²) in [4.78, 5) is 0. The number of hydrogen-bond donors (Lipinski definition) is 0. The molecule has 0 saturated carbocycles.